The van der Waals surface area contributed by atoms with Crippen LogP contribution in [0.15, 0.2) is 23.1 Å². The first kappa shape index (κ1) is 26.1. The summed E-state index contributed by atoms with van der Waals surface area (Å²) in [6.07, 6.45) is 10.0. The van der Waals surface area contributed by atoms with Crippen LogP contribution in [0.2, 0.25) is 0 Å². The maximum atomic E-state index is 13.2. The molecule has 0 radical (unpaired) electrons. The van der Waals surface area contributed by atoms with Gasteiger partial charge in [0.2, 0.25) is 0 Å². The van der Waals surface area contributed by atoms with Crippen molar-refractivity contribution >= 4 is 5.91 Å². The topological polar surface area (TPSA) is 66.0 Å². The summed E-state index contributed by atoms with van der Waals surface area (Å²) in [5, 5.41) is 3.05. The number of hydrogen-bond donors (Lipinski definition) is 1. The van der Waals surface area contributed by atoms with E-state index in [-0.39, 0.29) is 23.7 Å². The summed E-state index contributed by atoms with van der Waals surface area (Å²) in [6.45, 7) is 15.4. The van der Waals surface area contributed by atoms with E-state index in [2.05, 4.69) is 39.4 Å². The highest BCUT2D eigenvalue weighted by Gasteiger charge is 2.42. The van der Waals surface area contributed by atoms with Gasteiger partial charge in [-0.1, -0.05) is 20.8 Å². The fourth-order valence-corrected chi connectivity index (χ4v) is 4.78. The van der Waals surface area contributed by atoms with Gasteiger partial charge in [-0.3, -0.25) is 10.1 Å². The van der Waals surface area contributed by atoms with Crippen LogP contribution in [0.3, 0.4) is 0 Å². The van der Waals surface area contributed by atoms with E-state index in [4.69, 9.17) is 18.9 Å². The quantitative estimate of drug-likeness (QED) is 0.471. The lowest BCUT2D eigenvalue weighted by Crippen LogP contribution is -2.41. The average Bonchev–Trinajstić information content (AvgIpc) is 2.80. The summed E-state index contributed by atoms with van der Waals surface area (Å²) in [5.41, 5.74) is 1.58. The third-order valence-electron chi connectivity index (χ3n) is 7.43. The molecule has 0 spiro atoms. The van der Waals surface area contributed by atoms with Gasteiger partial charge in [0.25, 0.3) is 5.91 Å². The summed E-state index contributed by atoms with van der Waals surface area (Å²) in [4.78, 5) is 13.2. The molecule has 0 bridgehead atoms. The third kappa shape index (κ3) is 6.77. The van der Waals surface area contributed by atoms with Gasteiger partial charge in [0.05, 0.1) is 25.7 Å². The SMILES string of the molecule is CCC1=C(C(C)(C)C(C)OC2CCCCO2)C=C(NC(=O)C(C)(C)[CH+]C2CCOCC2)OC1. The molecule has 2 atom stereocenters. The maximum Gasteiger partial charge on any atom is 0.277 e. The van der Waals surface area contributed by atoms with Gasteiger partial charge in [0.15, 0.2) is 17.6 Å². The Bertz CT molecular complexity index is 727. The van der Waals surface area contributed by atoms with Crippen molar-refractivity contribution in [3.8, 4) is 0 Å². The molecule has 0 aromatic heterocycles. The largest absolute Gasteiger partial charge is 0.474 e. The zero-order valence-electron chi connectivity index (χ0n) is 21.5. The fourth-order valence-electron chi connectivity index (χ4n) is 4.78. The minimum atomic E-state index is -0.592. The van der Waals surface area contributed by atoms with Gasteiger partial charge in [-0.15, -0.1) is 0 Å². The van der Waals surface area contributed by atoms with E-state index in [0.717, 1.165) is 58.3 Å². The molecule has 3 aliphatic heterocycles. The minimum absolute atomic E-state index is 0.0400. The first-order chi connectivity index (χ1) is 15.6. The minimum Gasteiger partial charge on any atom is -0.474 e. The van der Waals surface area contributed by atoms with Gasteiger partial charge < -0.3 is 18.9 Å². The lowest BCUT2D eigenvalue weighted by Gasteiger charge is -2.39. The van der Waals surface area contributed by atoms with Crippen LogP contribution >= 0.6 is 0 Å². The van der Waals surface area contributed by atoms with Crippen molar-refractivity contribution < 1.29 is 23.7 Å². The molecule has 33 heavy (non-hydrogen) atoms. The molecule has 186 valence electrons. The number of carbonyl (C=O) groups is 1. The number of carbonyl (C=O) groups excluding carboxylic acids is 1. The van der Waals surface area contributed by atoms with Crippen LogP contribution in [-0.4, -0.2) is 44.7 Å². The Morgan fingerprint density at radius 2 is 1.91 bits per heavy atom. The number of amides is 1. The lowest BCUT2D eigenvalue weighted by atomic mass is 9.76. The number of hydrogen-bond acceptors (Lipinski definition) is 5. The number of nitrogens with one attached hydrogen (secondary N) is 1. The summed E-state index contributed by atoms with van der Waals surface area (Å²) in [5.74, 6) is 0.883. The van der Waals surface area contributed by atoms with Gasteiger partial charge in [0.1, 0.15) is 12.5 Å². The predicted octanol–water partition coefficient (Wildman–Crippen LogP) is 5.30. The number of allylic oxidation sites excluding steroid dienone is 1. The molecule has 2 fully saturated rings. The molecule has 3 aliphatic rings. The molecule has 0 aromatic carbocycles. The van der Waals surface area contributed by atoms with E-state index < -0.39 is 5.41 Å². The molecular weight excluding hydrogens is 418 g/mol. The maximum absolute atomic E-state index is 13.2. The Balaban J connectivity index is 1.69. The third-order valence-corrected chi connectivity index (χ3v) is 7.43. The first-order valence-electron chi connectivity index (χ1n) is 12.7. The van der Waals surface area contributed by atoms with E-state index in [1.165, 1.54) is 11.1 Å². The predicted molar refractivity (Wildman–Crippen MR) is 129 cm³/mol. The highest BCUT2D eigenvalue weighted by Crippen LogP contribution is 2.40. The van der Waals surface area contributed by atoms with Crippen LogP contribution in [0.25, 0.3) is 0 Å². The molecule has 6 heteroatoms. The average molecular weight is 463 g/mol. The van der Waals surface area contributed by atoms with Crippen LogP contribution in [-0.2, 0) is 23.7 Å². The van der Waals surface area contributed by atoms with E-state index in [9.17, 15) is 4.79 Å². The zero-order valence-corrected chi connectivity index (χ0v) is 21.5. The molecule has 0 aliphatic carbocycles. The van der Waals surface area contributed by atoms with Gasteiger partial charge in [0, 0.05) is 30.9 Å². The van der Waals surface area contributed by atoms with Gasteiger partial charge in [-0.25, -0.2) is 0 Å². The Morgan fingerprint density at radius 1 is 1.18 bits per heavy atom. The smallest absolute Gasteiger partial charge is 0.277 e. The second-order valence-electron chi connectivity index (χ2n) is 10.8. The molecule has 0 aromatic rings. The Hall–Kier alpha value is -1.50. The van der Waals surface area contributed by atoms with Crippen LogP contribution in [0.1, 0.15) is 80.1 Å². The van der Waals surface area contributed by atoms with Crippen molar-refractivity contribution in [2.24, 2.45) is 16.7 Å². The van der Waals surface area contributed by atoms with Crippen molar-refractivity contribution in [1.29, 1.82) is 0 Å². The summed E-state index contributed by atoms with van der Waals surface area (Å²) < 4.78 is 23.6. The van der Waals surface area contributed by atoms with Crippen molar-refractivity contribution in [2.75, 3.05) is 26.4 Å². The van der Waals surface area contributed by atoms with E-state index in [0.29, 0.717) is 18.4 Å². The van der Waals surface area contributed by atoms with Crippen LogP contribution in [0.4, 0.5) is 0 Å². The summed E-state index contributed by atoms with van der Waals surface area (Å²) >= 11 is 0. The highest BCUT2D eigenvalue weighted by molar-refractivity contribution is 5.84. The fraction of sp³-hybridized carbons (Fsp3) is 0.778. The lowest BCUT2D eigenvalue weighted by molar-refractivity contribution is -0.200. The number of rotatable bonds is 9. The standard InChI is InChI=1S/C27H43NO5/c1-7-21-18-32-23(28-25(29)26(3,4)17-20-11-14-30-15-12-20)16-22(21)27(5,6)19(2)33-24-10-8-9-13-31-24/h16-17,19-20,24H,7-15,18H2,1-6H3/p+1. The Kier molecular flexibility index (Phi) is 8.93. The van der Waals surface area contributed by atoms with Gasteiger partial charge >= 0.3 is 0 Å². The van der Waals surface area contributed by atoms with E-state index in [1.54, 1.807) is 0 Å². The first-order valence-corrected chi connectivity index (χ1v) is 12.7. The molecule has 1 amide bonds. The second kappa shape index (κ2) is 11.3. The van der Waals surface area contributed by atoms with E-state index in [1.807, 2.05) is 19.9 Å². The van der Waals surface area contributed by atoms with Crippen molar-refractivity contribution in [1.82, 2.24) is 5.32 Å². The number of ether oxygens (including phenoxy) is 4. The van der Waals surface area contributed by atoms with Crippen molar-refractivity contribution in [2.45, 2.75) is 92.5 Å². The summed E-state index contributed by atoms with van der Waals surface area (Å²) in [6, 6.07) is 0. The molecule has 1 N–H and O–H groups in total. The van der Waals surface area contributed by atoms with Gasteiger partial charge in [-0.2, -0.15) is 0 Å². The Labute approximate surface area is 200 Å². The molecular formula is C27H44NO5+. The highest BCUT2D eigenvalue weighted by atomic mass is 16.7. The molecule has 3 rings (SSSR count). The second-order valence-corrected chi connectivity index (χ2v) is 10.8. The molecule has 3 heterocycles. The van der Waals surface area contributed by atoms with Crippen molar-refractivity contribution in [3.63, 3.8) is 0 Å². The zero-order chi connectivity index (χ0) is 24.1. The van der Waals surface area contributed by atoms with Gasteiger partial charge in [-0.05, 0) is 57.6 Å². The normalized spacial score (nSPS) is 24.1. The van der Waals surface area contributed by atoms with E-state index >= 15 is 0 Å². The molecule has 2 unspecified atom stereocenters. The Morgan fingerprint density at radius 3 is 2.55 bits per heavy atom. The molecule has 6 nitrogen and oxygen atoms in total. The van der Waals surface area contributed by atoms with Crippen LogP contribution in [0, 0.1) is 23.2 Å². The van der Waals surface area contributed by atoms with Crippen LogP contribution in [0.5, 0.6) is 0 Å². The summed E-state index contributed by atoms with van der Waals surface area (Å²) in [7, 11) is 0. The van der Waals surface area contributed by atoms with Crippen molar-refractivity contribution in [3.05, 3.63) is 29.5 Å². The molecule has 2 saturated heterocycles. The van der Waals surface area contributed by atoms with Crippen LogP contribution < -0.4 is 5.32 Å². The monoisotopic (exact) mass is 462 g/mol. The molecule has 0 saturated carbocycles.